The number of nitrogens with two attached hydrogens (primary N) is 1. The number of amides is 1. The largest absolute Gasteiger partial charge is 0.493 e. The molecule has 0 saturated carbocycles. The monoisotopic (exact) mass is 291 g/mol. The molecule has 1 aliphatic heterocycles. The molecule has 0 aromatic heterocycles. The molecule has 5 heteroatoms. The Morgan fingerprint density at radius 3 is 2.90 bits per heavy atom. The van der Waals surface area contributed by atoms with Crippen molar-refractivity contribution >= 4 is 11.6 Å². The Hall–Kier alpha value is -1.75. The van der Waals surface area contributed by atoms with Crippen LogP contribution in [0, 0.1) is 0 Å². The molecule has 1 unspecified atom stereocenters. The van der Waals surface area contributed by atoms with E-state index in [9.17, 15) is 4.79 Å². The molecule has 116 valence electrons. The van der Waals surface area contributed by atoms with Crippen LogP contribution in [0.5, 0.6) is 5.75 Å². The number of nitrogen functional groups attached to an aromatic ring is 1. The molecular formula is C16H25N3O2. The van der Waals surface area contributed by atoms with Gasteiger partial charge in [-0.25, -0.2) is 0 Å². The van der Waals surface area contributed by atoms with E-state index < -0.39 is 0 Å². The summed E-state index contributed by atoms with van der Waals surface area (Å²) in [6, 6.07) is 5.78. The quantitative estimate of drug-likeness (QED) is 0.860. The zero-order chi connectivity index (χ0) is 15.4. The van der Waals surface area contributed by atoms with Crippen LogP contribution in [0.4, 0.5) is 5.69 Å². The first-order valence-corrected chi connectivity index (χ1v) is 7.51. The van der Waals surface area contributed by atoms with Crippen LogP contribution in [-0.4, -0.2) is 55.5 Å². The number of hydrogen-bond acceptors (Lipinski definition) is 4. The van der Waals surface area contributed by atoms with Gasteiger partial charge < -0.3 is 20.3 Å². The lowest BCUT2D eigenvalue weighted by Gasteiger charge is -2.36. The second kappa shape index (κ2) is 6.80. The predicted octanol–water partition coefficient (Wildman–Crippen LogP) is 1.83. The summed E-state index contributed by atoms with van der Waals surface area (Å²) in [5.41, 5.74) is 7.00. The van der Waals surface area contributed by atoms with Crippen LogP contribution in [0.25, 0.3) is 0 Å². The van der Waals surface area contributed by atoms with Crippen molar-refractivity contribution in [2.75, 3.05) is 39.5 Å². The van der Waals surface area contributed by atoms with E-state index in [1.165, 1.54) is 0 Å². The third-order valence-corrected chi connectivity index (χ3v) is 3.99. The Morgan fingerprint density at radius 2 is 2.24 bits per heavy atom. The molecule has 0 spiro atoms. The molecule has 1 aromatic rings. The number of likely N-dealkylation sites (tertiary alicyclic amines) is 1. The summed E-state index contributed by atoms with van der Waals surface area (Å²) < 4.78 is 5.57. The summed E-state index contributed by atoms with van der Waals surface area (Å²) in [7, 11) is 4.11. The lowest BCUT2D eigenvalue weighted by Crippen LogP contribution is -2.47. The van der Waals surface area contributed by atoms with Crippen molar-refractivity contribution in [1.29, 1.82) is 0 Å². The highest BCUT2D eigenvalue weighted by molar-refractivity contribution is 6.02. The molecule has 2 rings (SSSR count). The first kappa shape index (κ1) is 15.6. The summed E-state index contributed by atoms with van der Waals surface area (Å²) in [4.78, 5) is 16.9. The fourth-order valence-electron chi connectivity index (χ4n) is 2.77. The number of piperidine rings is 1. The van der Waals surface area contributed by atoms with Gasteiger partial charge in [0, 0.05) is 24.8 Å². The second-order valence-electron chi connectivity index (χ2n) is 5.66. The Bertz CT molecular complexity index is 502. The number of hydrogen-bond donors (Lipinski definition) is 1. The maximum Gasteiger partial charge on any atom is 0.259 e. The third-order valence-electron chi connectivity index (χ3n) is 3.99. The van der Waals surface area contributed by atoms with Crippen LogP contribution in [0.1, 0.15) is 30.1 Å². The average Bonchev–Trinajstić information content (AvgIpc) is 2.47. The molecule has 1 fully saturated rings. The van der Waals surface area contributed by atoms with Crippen molar-refractivity contribution in [2.45, 2.75) is 25.8 Å². The van der Waals surface area contributed by atoms with Gasteiger partial charge in [0.1, 0.15) is 11.3 Å². The number of carbonyl (C=O) groups is 1. The Morgan fingerprint density at radius 1 is 1.48 bits per heavy atom. The summed E-state index contributed by atoms with van der Waals surface area (Å²) in [6.45, 7) is 3.94. The van der Waals surface area contributed by atoms with Crippen LogP contribution in [0.2, 0.25) is 0 Å². The fraction of sp³-hybridized carbons (Fsp3) is 0.562. The molecule has 5 nitrogen and oxygen atoms in total. The van der Waals surface area contributed by atoms with Gasteiger partial charge in [-0.05, 0) is 46.0 Å². The van der Waals surface area contributed by atoms with Crippen molar-refractivity contribution < 1.29 is 9.53 Å². The molecular weight excluding hydrogens is 266 g/mol. The highest BCUT2D eigenvalue weighted by Crippen LogP contribution is 2.27. The molecule has 0 bridgehead atoms. The van der Waals surface area contributed by atoms with Gasteiger partial charge in [0.2, 0.25) is 0 Å². The second-order valence-corrected chi connectivity index (χ2v) is 5.66. The van der Waals surface area contributed by atoms with E-state index in [1.54, 1.807) is 12.1 Å². The zero-order valence-electron chi connectivity index (χ0n) is 13.1. The van der Waals surface area contributed by atoms with Crippen molar-refractivity contribution in [3.8, 4) is 5.75 Å². The lowest BCUT2D eigenvalue weighted by molar-refractivity contribution is 0.0632. The molecule has 0 aliphatic carbocycles. The number of anilines is 1. The van der Waals surface area contributed by atoms with Gasteiger partial charge >= 0.3 is 0 Å². The summed E-state index contributed by atoms with van der Waals surface area (Å²) in [5.74, 6) is 0.553. The van der Waals surface area contributed by atoms with Gasteiger partial charge in [-0.2, -0.15) is 0 Å². The van der Waals surface area contributed by atoms with Gasteiger partial charge in [-0.15, -0.1) is 0 Å². The summed E-state index contributed by atoms with van der Waals surface area (Å²) in [5, 5.41) is 0. The lowest BCUT2D eigenvalue weighted by atomic mass is 10.0. The van der Waals surface area contributed by atoms with Crippen LogP contribution >= 0.6 is 0 Å². The Balaban J connectivity index is 2.23. The van der Waals surface area contributed by atoms with E-state index in [2.05, 4.69) is 19.0 Å². The number of rotatable bonds is 4. The van der Waals surface area contributed by atoms with Crippen LogP contribution in [0.3, 0.4) is 0 Å². The van der Waals surface area contributed by atoms with Gasteiger partial charge in [0.25, 0.3) is 5.91 Å². The van der Waals surface area contributed by atoms with Crippen LogP contribution in [0.15, 0.2) is 18.2 Å². The van der Waals surface area contributed by atoms with Crippen molar-refractivity contribution in [1.82, 2.24) is 9.80 Å². The van der Waals surface area contributed by atoms with Gasteiger partial charge in [-0.1, -0.05) is 6.07 Å². The molecule has 1 heterocycles. The minimum atomic E-state index is -0.0249. The minimum absolute atomic E-state index is 0.0249. The first-order chi connectivity index (χ1) is 10.0. The molecule has 2 N–H and O–H groups in total. The third kappa shape index (κ3) is 3.47. The van der Waals surface area contributed by atoms with E-state index in [0.717, 1.165) is 25.9 Å². The molecule has 1 amide bonds. The van der Waals surface area contributed by atoms with Crippen molar-refractivity contribution in [2.24, 2.45) is 0 Å². The number of likely N-dealkylation sites (N-methyl/N-ethyl adjacent to an activating group) is 1. The molecule has 0 radical (unpaired) electrons. The van der Waals surface area contributed by atoms with Gasteiger partial charge in [0.05, 0.1) is 6.61 Å². The van der Waals surface area contributed by atoms with Crippen molar-refractivity contribution in [3.63, 3.8) is 0 Å². The van der Waals surface area contributed by atoms with Gasteiger partial charge in [-0.3, -0.25) is 4.79 Å². The molecule has 21 heavy (non-hydrogen) atoms. The van der Waals surface area contributed by atoms with Gasteiger partial charge in [0.15, 0.2) is 0 Å². The standard InChI is InChI=1S/C16H25N3O2/c1-4-21-14-9-5-8-13(17)15(14)16(20)19-10-6-7-12(11-19)18(2)3/h5,8-9,12H,4,6-7,10-11,17H2,1-3H3. The summed E-state index contributed by atoms with van der Waals surface area (Å²) in [6.07, 6.45) is 2.14. The highest BCUT2D eigenvalue weighted by Gasteiger charge is 2.28. The Labute approximate surface area is 126 Å². The maximum atomic E-state index is 12.8. The van der Waals surface area contributed by atoms with E-state index in [4.69, 9.17) is 10.5 Å². The number of ether oxygens (including phenoxy) is 1. The highest BCUT2D eigenvalue weighted by atomic mass is 16.5. The van der Waals surface area contributed by atoms with Crippen molar-refractivity contribution in [3.05, 3.63) is 23.8 Å². The summed E-state index contributed by atoms with van der Waals surface area (Å²) >= 11 is 0. The molecule has 1 atom stereocenters. The smallest absolute Gasteiger partial charge is 0.259 e. The SMILES string of the molecule is CCOc1cccc(N)c1C(=O)N1CCCC(N(C)C)C1. The number of nitrogens with zero attached hydrogens (tertiary/aromatic N) is 2. The first-order valence-electron chi connectivity index (χ1n) is 7.51. The van der Waals surface area contributed by atoms with E-state index >= 15 is 0 Å². The predicted molar refractivity (Wildman–Crippen MR) is 84.6 cm³/mol. The maximum absolute atomic E-state index is 12.8. The number of carbonyl (C=O) groups excluding carboxylic acids is 1. The van der Waals surface area contributed by atoms with E-state index in [0.29, 0.717) is 29.6 Å². The van der Waals surface area contributed by atoms with E-state index in [-0.39, 0.29) is 5.91 Å². The Kier molecular flexibility index (Phi) is 5.07. The average molecular weight is 291 g/mol. The van der Waals surface area contributed by atoms with Crippen LogP contribution < -0.4 is 10.5 Å². The van der Waals surface area contributed by atoms with Crippen LogP contribution in [-0.2, 0) is 0 Å². The number of benzene rings is 1. The fourth-order valence-corrected chi connectivity index (χ4v) is 2.77. The molecule has 1 saturated heterocycles. The topological polar surface area (TPSA) is 58.8 Å². The minimum Gasteiger partial charge on any atom is -0.493 e. The normalized spacial score (nSPS) is 18.9. The molecule has 1 aliphatic rings. The molecule has 1 aromatic carbocycles. The van der Waals surface area contributed by atoms with E-state index in [1.807, 2.05) is 17.9 Å². The zero-order valence-corrected chi connectivity index (χ0v) is 13.1.